The predicted molar refractivity (Wildman–Crippen MR) is 44.1 cm³/mol. The third-order valence-corrected chi connectivity index (χ3v) is 1.96. The standard InChI is InChI=1S/C7H5BrN2O/c8-6-4-10-7(11)3-5(6)1-2-9/h3-4H,1H2,(H,10,11). The second-order valence-corrected chi connectivity index (χ2v) is 2.86. The topological polar surface area (TPSA) is 56.6 Å². The van der Waals surface area contributed by atoms with Gasteiger partial charge in [0.05, 0.1) is 12.5 Å². The van der Waals surface area contributed by atoms with Crippen molar-refractivity contribution < 1.29 is 0 Å². The normalized spacial score (nSPS) is 9.09. The van der Waals surface area contributed by atoms with Crippen LogP contribution >= 0.6 is 15.9 Å². The zero-order chi connectivity index (χ0) is 8.27. The monoisotopic (exact) mass is 212 g/mol. The van der Waals surface area contributed by atoms with Crippen molar-refractivity contribution >= 4 is 15.9 Å². The molecule has 0 spiro atoms. The molecule has 0 aliphatic heterocycles. The molecule has 0 saturated heterocycles. The van der Waals surface area contributed by atoms with E-state index in [2.05, 4.69) is 20.9 Å². The van der Waals surface area contributed by atoms with Gasteiger partial charge in [-0.2, -0.15) is 5.26 Å². The maximum Gasteiger partial charge on any atom is 0.248 e. The summed E-state index contributed by atoms with van der Waals surface area (Å²) in [5, 5.41) is 8.35. The van der Waals surface area contributed by atoms with Crippen LogP contribution in [0.3, 0.4) is 0 Å². The molecule has 1 aromatic heterocycles. The molecule has 1 aromatic rings. The quantitative estimate of drug-likeness (QED) is 0.761. The van der Waals surface area contributed by atoms with Gasteiger partial charge in [0.1, 0.15) is 0 Å². The Morgan fingerprint density at radius 3 is 3.09 bits per heavy atom. The number of nitriles is 1. The number of hydrogen-bond acceptors (Lipinski definition) is 2. The first-order valence-electron chi connectivity index (χ1n) is 2.98. The summed E-state index contributed by atoms with van der Waals surface area (Å²) in [5.74, 6) is 0. The molecular weight excluding hydrogens is 208 g/mol. The number of pyridine rings is 1. The van der Waals surface area contributed by atoms with E-state index >= 15 is 0 Å². The molecule has 1 N–H and O–H groups in total. The maximum atomic E-state index is 10.7. The van der Waals surface area contributed by atoms with Crippen molar-refractivity contribution in [2.24, 2.45) is 0 Å². The Bertz CT molecular complexity index is 350. The molecule has 0 saturated carbocycles. The third-order valence-electron chi connectivity index (χ3n) is 1.22. The largest absolute Gasteiger partial charge is 0.328 e. The summed E-state index contributed by atoms with van der Waals surface area (Å²) >= 11 is 3.21. The Morgan fingerprint density at radius 1 is 1.73 bits per heavy atom. The molecular formula is C7H5BrN2O. The number of hydrogen-bond donors (Lipinski definition) is 1. The molecule has 56 valence electrons. The van der Waals surface area contributed by atoms with Gasteiger partial charge in [0.25, 0.3) is 0 Å². The average molecular weight is 213 g/mol. The van der Waals surface area contributed by atoms with E-state index in [1.807, 2.05) is 6.07 Å². The van der Waals surface area contributed by atoms with E-state index in [0.717, 1.165) is 10.0 Å². The minimum absolute atomic E-state index is 0.182. The molecule has 0 radical (unpaired) electrons. The Morgan fingerprint density at radius 2 is 2.45 bits per heavy atom. The fourth-order valence-electron chi connectivity index (χ4n) is 0.717. The van der Waals surface area contributed by atoms with Gasteiger partial charge < -0.3 is 4.98 Å². The lowest BCUT2D eigenvalue weighted by atomic mass is 10.2. The molecule has 11 heavy (non-hydrogen) atoms. The molecule has 1 rings (SSSR count). The summed E-state index contributed by atoms with van der Waals surface area (Å²) in [6.45, 7) is 0. The number of nitrogens with zero attached hydrogens (tertiary/aromatic N) is 1. The first kappa shape index (κ1) is 8.02. The van der Waals surface area contributed by atoms with Gasteiger partial charge in [0.15, 0.2) is 0 Å². The van der Waals surface area contributed by atoms with E-state index in [1.54, 1.807) is 0 Å². The van der Waals surface area contributed by atoms with Crippen LogP contribution in [0.25, 0.3) is 0 Å². The van der Waals surface area contributed by atoms with Gasteiger partial charge in [-0.3, -0.25) is 4.79 Å². The van der Waals surface area contributed by atoms with Crippen molar-refractivity contribution in [1.29, 1.82) is 5.26 Å². The van der Waals surface area contributed by atoms with E-state index in [9.17, 15) is 4.79 Å². The predicted octanol–water partition coefficient (Wildman–Crippen LogP) is 1.20. The van der Waals surface area contributed by atoms with E-state index in [4.69, 9.17) is 5.26 Å². The van der Waals surface area contributed by atoms with Crippen LogP contribution in [-0.2, 0) is 6.42 Å². The minimum atomic E-state index is -0.182. The highest BCUT2D eigenvalue weighted by molar-refractivity contribution is 9.10. The van der Waals surface area contributed by atoms with Crippen LogP contribution in [0.4, 0.5) is 0 Å². The number of aromatic amines is 1. The highest BCUT2D eigenvalue weighted by Gasteiger charge is 1.98. The molecule has 0 aliphatic carbocycles. The molecule has 0 aromatic carbocycles. The number of H-pyrrole nitrogens is 1. The van der Waals surface area contributed by atoms with Gasteiger partial charge in [-0.05, 0) is 21.5 Å². The number of rotatable bonds is 1. The zero-order valence-electron chi connectivity index (χ0n) is 5.60. The lowest BCUT2D eigenvalue weighted by Gasteiger charge is -1.95. The second kappa shape index (κ2) is 3.35. The van der Waals surface area contributed by atoms with Crippen LogP contribution in [0.15, 0.2) is 21.5 Å². The Labute approximate surface area is 71.8 Å². The van der Waals surface area contributed by atoms with Crippen molar-refractivity contribution in [1.82, 2.24) is 4.98 Å². The average Bonchev–Trinajstić information content (AvgIpc) is 1.98. The fraction of sp³-hybridized carbons (Fsp3) is 0.143. The highest BCUT2D eigenvalue weighted by Crippen LogP contribution is 2.12. The van der Waals surface area contributed by atoms with Gasteiger partial charge in [-0.15, -0.1) is 0 Å². The molecule has 0 aliphatic rings. The fourth-order valence-corrected chi connectivity index (χ4v) is 1.09. The molecule has 3 nitrogen and oxygen atoms in total. The Hall–Kier alpha value is -1.08. The van der Waals surface area contributed by atoms with Gasteiger partial charge in [0, 0.05) is 16.7 Å². The van der Waals surface area contributed by atoms with Gasteiger partial charge >= 0.3 is 0 Å². The molecule has 0 bridgehead atoms. The summed E-state index contributed by atoms with van der Waals surface area (Å²) in [5.41, 5.74) is 0.537. The lowest BCUT2D eigenvalue weighted by molar-refractivity contribution is 1.15. The van der Waals surface area contributed by atoms with Crippen LogP contribution in [-0.4, -0.2) is 4.98 Å². The number of aromatic nitrogens is 1. The van der Waals surface area contributed by atoms with Crippen LogP contribution in [0, 0.1) is 11.3 Å². The molecule has 0 unspecified atom stereocenters. The van der Waals surface area contributed by atoms with Crippen molar-refractivity contribution in [3.05, 3.63) is 32.7 Å². The van der Waals surface area contributed by atoms with Crippen LogP contribution in [0.1, 0.15) is 5.56 Å². The van der Waals surface area contributed by atoms with E-state index in [-0.39, 0.29) is 12.0 Å². The lowest BCUT2D eigenvalue weighted by Crippen LogP contribution is -2.04. The van der Waals surface area contributed by atoms with Gasteiger partial charge in [-0.1, -0.05) is 0 Å². The van der Waals surface area contributed by atoms with Crippen LogP contribution in [0.5, 0.6) is 0 Å². The molecule has 0 amide bonds. The van der Waals surface area contributed by atoms with Gasteiger partial charge in [-0.25, -0.2) is 0 Å². The third kappa shape index (κ3) is 1.92. The SMILES string of the molecule is N#CCc1cc(=O)[nH]cc1Br. The van der Waals surface area contributed by atoms with Gasteiger partial charge in [0.2, 0.25) is 5.56 Å². The Balaban J connectivity index is 3.15. The number of nitrogens with one attached hydrogen (secondary N) is 1. The molecule has 4 heteroatoms. The summed E-state index contributed by atoms with van der Waals surface area (Å²) in [6, 6.07) is 3.38. The molecule has 0 fully saturated rings. The van der Waals surface area contributed by atoms with E-state index in [0.29, 0.717) is 0 Å². The smallest absolute Gasteiger partial charge is 0.248 e. The Kier molecular flexibility index (Phi) is 2.44. The molecule has 1 heterocycles. The maximum absolute atomic E-state index is 10.7. The van der Waals surface area contributed by atoms with E-state index in [1.165, 1.54) is 12.3 Å². The first-order valence-corrected chi connectivity index (χ1v) is 3.77. The summed E-state index contributed by atoms with van der Waals surface area (Å²) in [7, 11) is 0. The van der Waals surface area contributed by atoms with Crippen LogP contribution < -0.4 is 5.56 Å². The van der Waals surface area contributed by atoms with Crippen molar-refractivity contribution in [2.45, 2.75) is 6.42 Å². The first-order chi connectivity index (χ1) is 5.24. The highest BCUT2D eigenvalue weighted by atomic mass is 79.9. The zero-order valence-corrected chi connectivity index (χ0v) is 7.18. The summed E-state index contributed by atoms with van der Waals surface area (Å²) in [6.07, 6.45) is 1.79. The van der Waals surface area contributed by atoms with Crippen molar-refractivity contribution in [3.63, 3.8) is 0 Å². The number of halogens is 1. The summed E-state index contributed by atoms with van der Waals surface area (Å²) < 4.78 is 0.763. The van der Waals surface area contributed by atoms with E-state index < -0.39 is 0 Å². The minimum Gasteiger partial charge on any atom is -0.328 e. The summed E-state index contributed by atoms with van der Waals surface area (Å²) in [4.78, 5) is 13.2. The molecule has 0 atom stereocenters. The van der Waals surface area contributed by atoms with Crippen LogP contribution in [0.2, 0.25) is 0 Å². The second-order valence-electron chi connectivity index (χ2n) is 2.01. The van der Waals surface area contributed by atoms with Crippen molar-refractivity contribution in [2.75, 3.05) is 0 Å². The van der Waals surface area contributed by atoms with Crippen molar-refractivity contribution in [3.8, 4) is 6.07 Å².